The van der Waals surface area contributed by atoms with Gasteiger partial charge in [-0.2, -0.15) is 0 Å². The van der Waals surface area contributed by atoms with Crippen LogP contribution in [0, 0.1) is 0 Å². The Morgan fingerprint density at radius 1 is 0.500 bits per heavy atom. The maximum atomic E-state index is 13.1. The highest BCUT2D eigenvalue weighted by Gasteiger charge is 2.28. The van der Waals surface area contributed by atoms with Crippen LogP contribution in [0.3, 0.4) is 0 Å². The maximum absolute atomic E-state index is 13.1. The van der Waals surface area contributed by atoms with Gasteiger partial charge in [0, 0.05) is 22.3 Å². The van der Waals surface area contributed by atoms with E-state index in [1.54, 1.807) is 13.8 Å². The number of fused-ring (bicyclic) bond motifs is 3. The van der Waals surface area contributed by atoms with Gasteiger partial charge in [-0.05, 0) is 59.4 Å². The van der Waals surface area contributed by atoms with E-state index in [0.29, 0.717) is 22.3 Å². The van der Waals surface area contributed by atoms with Crippen LogP contribution in [-0.2, 0) is 0 Å². The summed E-state index contributed by atoms with van der Waals surface area (Å²) in [6, 6.07) is 26.7. The van der Waals surface area contributed by atoms with Crippen LogP contribution < -0.4 is 0 Å². The Morgan fingerprint density at radius 2 is 0.938 bits per heavy atom. The first kappa shape index (κ1) is 19.8. The fourth-order valence-electron chi connectivity index (χ4n) is 4.32. The SMILES string of the molecule is CC(=O)c1ccc(-c2cc3c(cc2-c2ccc(C(C)=O)cc2)-c2ccccc2C3=O)cc1. The summed E-state index contributed by atoms with van der Waals surface area (Å²) in [4.78, 5) is 36.5. The quantitative estimate of drug-likeness (QED) is 0.309. The number of hydrogen-bond acceptors (Lipinski definition) is 3. The van der Waals surface area contributed by atoms with Crippen molar-refractivity contribution in [3.63, 3.8) is 0 Å². The molecule has 1 aliphatic rings. The summed E-state index contributed by atoms with van der Waals surface area (Å²) in [6.07, 6.45) is 0. The molecule has 0 amide bonds. The first-order valence-corrected chi connectivity index (χ1v) is 10.5. The smallest absolute Gasteiger partial charge is 0.194 e. The molecule has 0 atom stereocenters. The fourth-order valence-corrected chi connectivity index (χ4v) is 4.32. The summed E-state index contributed by atoms with van der Waals surface area (Å²) in [6.45, 7) is 3.09. The van der Waals surface area contributed by atoms with Crippen molar-refractivity contribution in [2.45, 2.75) is 13.8 Å². The monoisotopic (exact) mass is 416 g/mol. The number of carbonyl (C=O) groups excluding carboxylic acids is 3. The molecular formula is C29H20O3. The zero-order valence-electron chi connectivity index (χ0n) is 17.8. The molecule has 0 saturated heterocycles. The van der Waals surface area contributed by atoms with Crippen molar-refractivity contribution in [3.8, 4) is 33.4 Å². The summed E-state index contributed by atoms with van der Waals surface area (Å²) in [5, 5.41) is 0. The summed E-state index contributed by atoms with van der Waals surface area (Å²) in [5.74, 6) is 0.0527. The summed E-state index contributed by atoms with van der Waals surface area (Å²) >= 11 is 0. The molecule has 0 heterocycles. The van der Waals surface area contributed by atoms with E-state index in [9.17, 15) is 14.4 Å². The zero-order valence-corrected chi connectivity index (χ0v) is 17.8. The van der Waals surface area contributed by atoms with Crippen molar-refractivity contribution >= 4 is 17.3 Å². The number of carbonyl (C=O) groups is 3. The van der Waals surface area contributed by atoms with Crippen molar-refractivity contribution in [2.24, 2.45) is 0 Å². The summed E-state index contributed by atoms with van der Waals surface area (Å²) in [5.41, 5.74) is 8.31. The second-order valence-corrected chi connectivity index (χ2v) is 8.09. The number of rotatable bonds is 4. The van der Waals surface area contributed by atoms with Crippen molar-refractivity contribution in [3.05, 3.63) is 107 Å². The van der Waals surface area contributed by atoms with Crippen molar-refractivity contribution in [1.29, 1.82) is 0 Å². The normalized spacial score (nSPS) is 11.8. The van der Waals surface area contributed by atoms with Crippen LogP contribution in [0.25, 0.3) is 33.4 Å². The van der Waals surface area contributed by atoms with Crippen LogP contribution in [0.15, 0.2) is 84.9 Å². The van der Waals surface area contributed by atoms with Gasteiger partial charge in [-0.15, -0.1) is 0 Å². The Balaban J connectivity index is 1.74. The minimum absolute atomic E-state index is 0.0103. The van der Waals surface area contributed by atoms with Crippen molar-refractivity contribution < 1.29 is 14.4 Å². The number of hydrogen-bond donors (Lipinski definition) is 0. The molecule has 4 aromatic rings. The van der Waals surface area contributed by atoms with E-state index in [4.69, 9.17) is 0 Å². The van der Waals surface area contributed by atoms with E-state index in [0.717, 1.165) is 33.4 Å². The lowest BCUT2D eigenvalue weighted by atomic mass is 9.89. The van der Waals surface area contributed by atoms with Gasteiger partial charge in [0.05, 0.1) is 0 Å². The molecule has 0 aliphatic heterocycles. The molecule has 0 bridgehead atoms. The highest BCUT2D eigenvalue weighted by molar-refractivity contribution is 6.22. The van der Waals surface area contributed by atoms with E-state index in [2.05, 4.69) is 6.07 Å². The predicted molar refractivity (Wildman–Crippen MR) is 126 cm³/mol. The average molecular weight is 416 g/mol. The van der Waals surface area contributed by atoms with E-state index < -0.39 is 0 Å². The molecule has 1 aliphatic carbocycles. The van der Waals surface area contributed by atoms with Crippen LogP contribution in [0.1, 0.15) is 50.5 Å². The molecule has 3 heteroatoms. The Bertz CT molecular complexity index is 1410. The van der Waals surface area contributed by atoms with Gasteiger partial charge in [-0.1, -0.05) is 72.8 Å². The number of Topliss-reactive ketones (excluding diaryl/α,β-unsaturated/α-hetero) is 2. The molecule has 0 unspecified atom stereocenters. The summed E-state index contributed by atoms with van der Waals surface area (Å²) < 4.78 is 0. The Hall–Kier alpha value is -4.11. The van der Waals surface area contributed by atoms with Gasteiger partial charge in [-0.3, -0.25) is 14.4 Å². The van der Waals surface area contributed by atoms with Crippen LogP contribution >= 0.6 is 0 Å². The van der Waals surface area contributed by atoms with E-state index in [1.807, 2.05) is 78.9 Å². The van der Waals surface area contributed by atoms with Crippen LogP contribution in [-0.4, -0.2) is 17.3 Å². The Labute approximate surface area is 186 Å². The van der Waals surface area contributed by atoms with E-state index in [-0.39, 0.29) is 17.3 Å². The van der Waals surface area contributed by atoms with Gasteiger partial charge in [0.1, 0.15) is 0 Å². The van der Waals surface area contributed by atoms with Crippen LogP contribution in [0.5, 0.6) is 0 Å². The zero-order chi connectivity index (χ0) is 22.4. The average Bonchev–Trinajstić information content (AvgIpc) is 3.10. The van der Waals surface area contributed by atoms with E-state index in [1.165, 1.54) is 0 Å². The molecule has 154 valence electrons. The molecule has 0 aromatic heterocycles. The van der Waals surface area contributed by atoms with E-state index >= 15 is 0 Å². The molecular weight excluding hydrogens is 396 g/mol. The fraction of sp³-hybridized carbons (Fsp3) is 0.0690. The van der Waals surface area contributed by atoms with Crippen molar-refractivity contribution in [1.82, 2.24) is 0 Å². The third-order valence-corrected chi connectivity index (χ3v) is 6.07. The molecule has 0 fully saturated rings. The third-order valence-electron chi connectivity index (χ3n) is 6.07. The Morgan fingerprint density at radius 3 is 1.41 bits per heavy atom. The molecule has 3 nitrogen and oxygen atoms in total. The number of benzene rings is 4. The lowest BCUT2D eigenvalue weighted by molar-refractivity contribution is 0.100. The van der Waals surface area contributed by atoms with Crippen molar-refractivity contribution in [2.75, 3.05) is 0 Å². The predicted octanol–water partition coefficient (Wildman–Crippen LogP) is 6.64. The largest absolute Gasteiger partial charge is 0.295 e. The standard InChI is InChI=1S/C29H20O3/c1-17(30)19-7-11-21(12-8-19)25-15-27-23-5-3-4-6-24(23)29(32)28(27)16-26(25)22-13-9-20(10-14-22)18(2)31/h3-16H,1-2H3. The molecule has 0 saturated carbocycles. The van der Waals surface area contributed by atoms with Gasteiger partial charge >= 0.3 is 0 Å². The van der Waals surface area contributed by atoms with Crippen LogP contribution in [0.4, 0.5) is 0 Å². The molecule has 4 aromatic carbocycles. The highest BCUT2D eigenvalue weighted by atomic mass is 16.1. The Kier molecular flexibility index (Phi) is 4.67. The molecule has 5 rings (SSSR count). The minimum atomic E-state index is 0.0103. The maximum Gasteiger partial charge on any atom is 0.194 e. The lowest BCUT2D eigenvalue weighted by Crippen LogP contribution is -1.97. The second kappa shape index (κ2) is 7.54. The first-order chi connectivity index (χ1) is 15.4. The first-order valence-electron chi connectivity index (χ1n) is 10.5. The molecule has 0 radical (unpaired) electrons. The van der Waals surface area contributed by atoms with Gasteiger partial charge < -0.3 is 0 Å². The second-order valence-electron chi connectivity index (χ2n) is 8.09. The molecule has 0 N–H and O–H groups in total. The minimum Gasteiger partial charge on any atom is -0.295 e. The third kappa shape index (κ3) is 3.19. The number of ketones is 3. The van der Waals surface area contributed by atoms with Gasteiger partial charge in [0.15, 0.2) is 17.3 Å². The lowest BCUT2D eigenvalue weighted by Gasteiger charge is -2.14. The topological polar surface area (TPSA) is 51.2 Å². The van der Waals surface area contributed by atoms with Crippen LogP contribution in [0.2, 0.25) is 0 Å². The van der Waals surface area contributed by atoms with Gasteiger partial charge in [-0.25, -0.2) is 0 Å². The van der Waals surface area contributed by atoms with Gasteiger partial charge in [0.2, 0.25) is 0 Å². The summed E-state index contributed by atoms with van der Waals surface area (Å²) in [7, 11) is 0. The highest BCUT2D eigenvalue weighted by Crippen LogP contribution is 2.43. The molecule has 32 heavy (non-hydrogen) atoms. The molecule has 0 spiro atoms. The van der Waals surface area contributed by atoms with Gasteiger partial charge in [0.25, 0.3) is 0 Å².